The fourth-order valence-electron chi connectivity index (χ4n) is 1.71. The zero-order chi connectivity index (χ0) is 13.3. The van der Waals surface area contributed by atoms with Gasteiger partial charge in [0.15, 0.2) is 0 Å². The van der Waals surface area contributed by atoms with Gasteiger partial charge >= 0.3 is 12.2 Å². The molecule has 0 saturated carbocycles. The molecule has 1 aromatic heterocycles. The number of hydrogen-bond donors (Lipinski definition) is 0. The van der Waals surface area contributed by atoms with Crippen LogP contribution >= 0.6 is 0 Å². The van der Waals surface area contributed by atoms with Crippen LogP contribution in [0.1, 0.15) is 6.92 Å². The molecule has 0 aliphatic carbocycles. The molecule has 1 saturated heterocycles. The maximum absolute atomic E-state index is 12.9. The number of anilines is 1. The van der Waals surface area contributed by atoms with Gasteiger partial charge in [-0.2, -0.15) is 9.37 Å². The number of aromatic nitrogens is 2. The Bertz CT molecular complexity index is 458. The van der Waals surface area contributed by atoms with Gasteiger partial charge in [-0.3, -0.25) is 4.90 Å². The van der Waals surface area contributed by atoms with Crippen LogP contribution in [-0.4, -0.2) is 35.1 Å². The summed E-state index contributed by atoms with van der Waals surface area (Å²) >= 11 is 0. The van der Waals surface area contributed by atoms with Gasteiger partial charge in [-0.15, -0.1) is 0 Å². The van der Waals surface area contributed by atoms with Crippen LogP contribution in [0.15, 0.2) is 12.3 Å². The lowest BCUT2D eigenvalue weighted by atomic mass is 10.0. The number of ether oxygens (including phenoxy) is 1. The largest absolute Gasteiger partial charge is 0.447 e. The van der Waals surface area contributed by atoms with E-state index in [9.17, 15) is 18.0 Å². The number of amides is 1. The molecule has 0 spiro atoms. The predicted molar refractivity (Wildman–Crippen MR) is 54.8 cm³/mol. The van der Waals surface area contributed by atoms with Gasteiger partial charge in [-0.05, 0) is 6.07 Å². The Labute approximate surface area is 101 Å². The maximum atomic E-state index is 12.9. The Morgan fingerprint density at radius 1 is 1.56 bits per heavy atom. The van der Waals surface area contributed by atoms with Crippen molar-refractivity contribution < 1.29 is 22.7 Å². The minimum Gasteiger partial charge on any atom is -0.447 e. The number of halogens is 3. The summed E-state index contributed by atoms with van der Waals surface area (Å²) < 4.78 is 43.0. The van der Waals surface area contributed by atoms with Crippen molar-refractivity contribution in [3.63, 3.8) is 0 Å². The molecule has 1 aliphatic rings. The van der Waals surface area contributed by atoms with E-state index in [0.29, 0.717) is 0 Å². The third-order valence-corrected chi connectivity index (χ3v) is 2.77. The monoisotopic (exact) mass is 261 g/mol. The molecular formula is C10H10F3N3O2. The first-order chi connectivity index (χ1) is 8.50. The van der Waals surface area contributed by atoms with Gasteiger partial charge < -0.3 is 4.74 Å². The highest BCUT2D eigenvalue weighted by Gasteiger charge is 2.41. The van der Waals surface area contributed by atoms with Crippen molar-refractivity contribution in [2.75, 3.05) is 11.5 Å². The molecule has 1 fully saturated rings. The topological polar surface area (TPSA) is 55.3 Å². The zero-order valence-corrected chi connectivity index (χ0v) is 9.39. The first kappa shape index (κ1) is 12.6. The van der Waals surface area contributed by atoms with E-state index in [2.05, 4.69) is 9.97 Å². The molecule has 1 aromatic rings. The average molecular weight is 261 g/mol. The SMILES string of the molecule is CC(C(F)F)C1COC(=O)N1c1ccnc(F)n1. The van der Waals surface area contributed by atoms with Crippen molar-refractivity contribution in [2.45, 2.75) is 19.4 Å². The molecular weight excluding hydrogens is 251 g/mol. The number of cyclic esters (lactones) is 1. The van der Waals surface area contributed by atoms with Crippen LogP contribution in [0.3, 0.4) is 0 Å². The van der Waals surface area contributed by atoms with E-state index in [-0.39, 0.29) is 12.4 Å². The highest BCUT2D eigenvalue weighted by molar-refractivity contribution is 5.89. The lowest BCUT2D eigenvalue weighted by Crippen LogP contribution is -2.41. The molecule has 0 aromatic carbocycles. The fraction of sp³-hybridized carbons (Fsp3) is 0.500. The van der Waals surface area contributed by atoms with Crippen LogP contribution < -0.4 is 4.90 Å². The van der Waals surface area contributed by atoms with Crippen LogP contribution in [0.25, 0.3) is 0 Å². The van der Waals surface area contributed by atoms with Crippen molar-refractivity contribution in [3.05, 3.63) is 18.3 Å². The molecule has 8 heteroatoms. The summed E-state index contributed by atoms with van der Waals surface area (Å²) in [6.45, 7) is 1.12. The van der Waals surface area contributed by atoms with E-state index < -0.39 is 30.6 Å². The summed E-state index contributed by atoms with van der Waals surface area (Å²) in [5.41, 5.74) is 0. The summed E-state index contributed by atoms with van der Waals surface area (Å²) in [4.78, 5) is 19.1. The first-order valence-electron chi connectivity index (χ1n) is 5.23. The molecule has 0 N–H and O–H groups in total. The average Bonchev–Trinajstić information content (AvgIpc) is 2.70. The van der Waals surface area contributed by atoms with Crippen molar-refractivity contribution in [2.24, 2.45) is 5.92 Å². The Morgan fingerprint density at radius 3 is 2.89 bits per heavy atom. The number of rotatable bonds is 3. The predicted octanol–water partition coefficient (Wildman–Crippen LogP) is 1.84. The Balaban J connectivity index is 2.31. The second-order valence-corrected chi connectivity index (χ2v) is 3.89. The molecule has 0 radical (unpaired) electrons. The van der Waals surface area contributed by atoms with Gasteiger partial charge in [-0.25, -0.2) is 18.6 Å². The highest BCUT2D eigenvalue weighted by Crippen LogP contribution is 2.28. The van der Waals surface area contributed by atoms with E-state index in [4.69, 9.17) is 4.74 Å². The van der Waals surface area contributed by atoms with E-state index >= 15 is 0 Å². The normalized spacial score (nSPS) is 21.3. The standard InChI is InChI=1S/C10H10F3N3O2/c1-5(8(11)12)6-4-18-10(17)16(6)7-2-3-14-9(13)15-7/h2-3,5-6,8H,4H2,1H3. The summed E-state index contributed by atoms with van der Waals surface area (Å²) in [6.07, 6.45) is -3.35. The van der Waals surface area contributed by atoms with E-state index in [1.807, 2.05) is 0 Å². The van der Waals surface area contributed by atoms with Gasteiger partial charge in [-0.1, -0.05) is 6.92 Å². The zero-order valence-electron chi connectivity index (χ0n) is 9.39. The Kier molecular flexibility index (Phi) is 3.35. The number of alkyl halides is 2. The number of nitrogens with zero attached hydrogens (tertiary/aromatic N) is 3. The molecule has 5 nitrogen and oxygen atoms in total. The molecule has 1 aliphatic heterocycles. The summed E-state index contributed by atoms with van der Waals surface area (Å²) in [5.74, 6) is -1.18. The van der Waals surface area contributed by atoms with Gasteiger partial charge in [0.2, 0.25) is 6.43 Å². The second-order valence-electron chi connectivity index (χ2n) is 3.89. The van der Waals surface area contributed by atoms with Gasteiger partial charge in [0, 0.05) is 12.1 Å². The quantitative estimate of drug-likeness (QED) is 0.779. The molecule has 0 bridgehead atoms. The Morgan fingerprint density at radius 2 is 2.28 bits per heavy atom. The fourth-order valence-corrected chi connectivity index (χ4v) is 1.71. The summed E-state index contributed by atoms with van der Waals surface area (Å²) in [5, 5.41) is 0. The van der Waals surface area contributed by atoms with Gasteiger partial charge in [0.1, 0.15) is 12.4 Å². The van der Waals surface area contributed by atoms with E-state index in [0.717, 1.165) is 11.1 Å². The minimum absolute atomic E-state index is 0.0810. The maximum Gasteiger partial charge on any atom is 0.415 e. The molecule has 2 atom stereocenters. The van der Waals surface area contributed by atoms with Crippen LogP contribution in [-0.2, 0) is 4.74 Å². The minimum atomic E-state index is -2.61. The van der Waals surface area contributed by atoms with E-state index in [1.165, 1.54) is 13.0 Å². The smallest absolute Gasteiger partial charge is 0.415 e. The molecule has 18 heavy (non-hydrogen) atoms. The van der Waals surface area contributed by atoms with Crippen molar-refractivity contribution in [1.29, 1.82) is 0 Å². The third kappa shape index (κ3) is 2.22. The number of hydrogen-bond acceptors (Lipinski definition) is 4. The van der Waals surface area contributed by atoms with Crippen LogP contribution in [0.4, 0.5) is 23.8 Å². The lowest BCUT2D eigenvalue weighted by Gasteiger charge is -2.24. The molecule has 2 rings (SSSR count). The van der Waals surface area contributed by atoms with Crippen LogP contribution in [0, 0.1) is 12.0 Å². The van der Waals surface area contributed by atoms with Crippen LogP contribution in [0.2, 0.25) is 0 Å². The molecule has 98 valence electrons. The van der Waals surface area contributed by atoms with E-state index in [1.54, 1.807) is 0 Å². The lowest BCUT2D eigenvalue weighted by molar-refractivity contribution is 0.0685. The third-order valence-electron chi connectivity index (χ3n) is 2.77. The van der Waals surface area contributed by atoms with Crippen LogP contribution in [0.5, 0.6) is 0 Å². The van der Waals surface area contributed by atoms with Crippen molar-refractivity contribution in [3.8, 4) is 0 Å². The highest BCUT2D eigenvalue weighted by atomic mass is 19.3. The van der Waals surface area contributed by atoms with Gasteiger partial charge in [0.05, 0.1) is 6.04 Å². The second kappa shape index (κ2) is 4.79. The number of carbonyl (C=O) groups excluding carboxylic acids is 1. The van der Waals surface area contributed by atoms with Crippen molar-refractivity contribution >= 4 is 11.9 Å². The van der Waals surface area contributed by atoms with Crippen molar-refractivity contribution in [1.82, 2.24) is 9.97 Å². The summed E-state index contributed by atoms with van der Waals surface area (Å²) in [7, 11) is 0. The Hall–Kier alpha value is -1.86. The molecule has 2 heterocycles. The number of carbonyl (C=O) groups is 1. The molecule has 1 amide bonds. The molecule has 2 unspecified atom stereocenters. The first-order valence-corrected chi connectivity index (χ1v) is 5.23. The van der Waals surface area contributed by atoms with Gasteiger partial charge in [0.25, 0.3) is 0 Å². The summed E-state index contributed by atoms with van der Waals surface area (Å²) in [6, 6.07) is 0.396.